The monoisotopic (exact) mass is 414 g/mol. The molecule has 0 bridgehead atoms. The second-order valence-electron chi connectivity index (χ2n) is 11.1. The van der Waals surface area contributed by atoms with Crippen LogP contribution in [0.1, 0.15) is 92.4 Å². The van der Waals surface area contributed by atoms with Crippen molar-refractivity contribution in [3.05, 3.63) is 11.6 Å². The predicted octanol–water partition coefficient (Wildman–Crippen LogP) is 5.44. The van der Waals surface area contributed by atoms with Gasteiger partial charge in [-0.15, -0.1) is 0 Å². The molecule has 0 aromatic heterocycles. The van der Waals surface area contributed by atoms with Crippen LogP contribution in [0.4, 0.5) is 0 Å². The van der Waals surface area contributed by atoms with Crippen LogP contribution in [0.25, 0.3) is 0 Å². The quantitative estimate of drug-likeness (QED) is 0.575. The van der Waals surface area contributed by atoms with Crippen LogP contribution in [0.5, 0.6) is 0 Å². The molecule has 0 heterocycles. The average Bonchev–Trinajstić information content (AvgIpc) is 2.96. The zero-order chi connectivity index (χ0) is 21.9. The van der Waals surface area contributed by atoms with E-state index in [9.17, 15) is 14.4 Å². The molecule has 4 rings (SSSR count). The highest BCUT2D eigenvalue weighted by molar-refractivity contribution is 5.91. The average molecular weight is 415 g/mol. The molecule has 0 aliphatic heterocycles. The number of esters is 1. The van der Waals surface area contributed by atoms with E-state index in [1.165, 1.54) is 12.5 Å². The third-order valence-electron chi connectivity index (χ3n) is 9.62. The summed E-state index contributed by atoms with van der Waals surface area (Å²) >= 11 is 0. The summed E-state index contributed by atoms with van der Waals surface area (Å²) in [6, 6.07) is 0. The predicted molar refractivity (Wildman–Crippen MR) is 116 cm³/mol. The van der Waals surface area contributed by atoms with Gasteiger partial charge in [0.15, 0.2) is 17.2 Å². The third kappa shape index (κ3) is 2.96. The number of carbonyl (C=O) groups excluding carboxylic acids is 3. The van der Waals surface area contributed by atoms with Gasteiger partial charge < -0.3 is 4.74 Å². The number of ether oxygens (including phenoxy) is 1. The molecule has 0 aromatic carbocycles. The van der Waals surface area contributed by atoms with E-state index in [2.05, 4.69) is 20.8 Å². The first-order chi connectivity index (χ1) is 14.1. The summed E-state index contributed by atoms with van der Waals surface area (Å²) < 4.78 is 5.89. The Morgan fingerprint density at radius 2 is 1.83 bits per heavy atom. The molecule has 0 unspecified atom stereocenters. The molecule has 7 atom stereocenters. The maximum absolute atomic E-state index is 12.9. The number of hydrogen-bond acceptors (Lipinski definition) is 4. The number of ketones is 2. The van der Waals surface area contributed by atoms with E-state index in [0.29, 0.717) is 42.3 Å². The molecule has 0 amide bonds. The molecular formula is C26H38O4. The summed E-state index contributed by atoms with van der Waals surface area (Å²) in [5, 5.41) is 0. The summed E-state index contributed by atoms with van der Waals surface area (Å²) in [5.74, 6) is 1.99. The lowest BCUT2D eigenvalue weighted by Crippen LogP contribution is -2.58. The lowest BCUT2D eigenvalue weighted by molar-refractivity contribution is -0.187. The van der Waals surface area contributed by atoms with Crippen molar-refractivity contribution in [2.45, 2.75) is 98.0 Å². The summed E-state index contributed by atoms with van der Waals surface area (Å²) in [5.41, 5.74) is 0.234. The molecule has 0 saturated heterocycles. The van der Waals surface area contributed by atoms with Crippen LogP contribution in [0.2, 0.25) is 0 Å². The van der Waals surface area contributed by atoms with E-state index in [0.717, 1.165) is 44.9 Å². The first-order valence-electron chi connectivity index (χ1n) is 12.0. The van der Waals surface area contributed by atoms with Gasteiger partial charge in [-0.25, -0.2) is 0 Å². The van der Waals surface area contributed by atoms with Gasteiger partial charge in [-0.3, -0.25) is 14.4 Å². The summed E-state index contributed by atoms with van der Waals surface area (Å²) in [6.45, 7) is 9.87. The van der Waals surface area contributed by atoms with Gasteiger partial charge in [0, 0.05) is 18.8 Å². The van der Waals surface area contributed by atoms with E-state index in [1.54, 1.807) is 6.92 Å². The normalized spacial score (nSPS) is 45.1. The van der Waals surface area contributed by atoms with Crippen molar-refractivity contribution in [1.29, 1.82) is 0 Å². The maximum Gasteiger partial charge on any atom is 0.303 e. The van der Waals surface area contributed by atoms with E-state index in [-0.39, 0.29) is 22.6 Å². The second kappa shape index (κ2) is 7.31. The zero-order valence-corrected chi connectivity index (χ0v) is 19.4. The van der Waals surface area contributed by atoms with E-state index in [1.807, 2.05) is 6.08 Å². The smallest absolute Gasteiger partial charge is 0.303 e. The highest BCUT2D eigenvalue weighted by Gasteiger charge is 2.67. The molecule has 0 N–H and O–H groups in total. The van der Waals surface area contributed by atoms with Crippen LogP contribution in [0.15, 0.2) is 11.6 Å². The minimum Gasteiger partial charge on any atom is -0.451 e. The van der Waals surface area contributed by atoms with E-state index < -0.39 is 5.60 Å². The first kappa shape index (κ1) is 21.8. The number of hydrogen-bond donors (Lipinski definition) is 0. The highest BCUT2D eigenvalue weighted by Crippen LogP contribution is 2.68. The lowest BCUT2D eigenvalue weighted by Gasteiger charge is -2.59. The Morgan fingerprint density at radius 3 is 2.47 bits per heavy atom. The van der Waals surface area contributed by atoms with Crippen molar-refractivity contribution in [3.63, 3.8) is 0 Å². The molecule has 3 fully saturated rings. The Kier molecular flexibility index (Phi) is 5.30. The fourth-order valence-electron chi connectivity index (χ4n) is 8.48. The van der Waals surface area contributed by atoms with Gasteiger partial charge in [-0.05, 0) is 87.0 Å². The molecule has 0 spiro atoms. The number of allylic oxidation sites excluding steroid dienone is 1. The van der Waals surface area contributed by atoms with Crippen LogP contribution >= 0.6 is 0 Å². The zero-order valence-electron chi connectivity index (χ0n) is 19.4. The second-order valence-corrected chi connectivity index (χ2v) is 11.1. The van der Waals surface area contributed by atoms with E-state index in [4.69, 9.17) is 4.74 Å². The molecule has 0 aromatic rings. The maximum atomic E-state index is 12.9. The van der Waals surface area contributed by atoms with Gasteiger partial charge >= 0.3 is 5.97 Å². The first-order valence-corrected chi connectivity index (χ1v) is 12.0. The van der Waals surface area contributed by atoms with Crippen LogP contribution in [0.3, 0.4) is 0 Å². The topological polar surface area (TPSA) is 60.4 Å². The fraction of sp³-hybridized carbons (Fsp3) is 0.808. The van der Waals surface area contributed by atoms with Crippen molar-refractivity contribution in [2.75, 3.05) is 0 Å². The standard InChI is InChI=1S/C26H38O4/c1-6-11-24(4)15-21-19(20-8-7-18(29)14-23(20)24)9-12-25(5)22(21)10-13-26(25,16(2)27)30-17(3)28/h14,19-22H,6-13,15H2,1-5H3/t19-,20-,21-,22+,24-,25+,26+/m1/s1. The van der Waals surface area contributed by atoms with Gasteiger partial charge in [0.05, 0.1) is 0 Å². The van der Waals surface area contributed by atoms with Gasteiger partial charge in [0.1, 0.15) is 0 Å². The molecule has 30 heavy (non-hydrogen) atoms. The lowest BCUT2D eigenvalue weighted by atomic mass is 9.46. The van der Waals surface area contributed by atoms with Crippen molar-refractivity contribution in [3.8, 4) is 0 Å². The third-order valence-corrected chi connectivity index (χ3v) is 9.62. The molecular weight excluding hydrogens is 376 g/mol. The fourth-order valence-corrected chi connectivity index (χ4v) is 8.48. The molecule has 4 heteroatoms. The minimum atomic E-state index is -0.964. The Labute approximate surface area is 181 Å². The number of carbonyl (C=O) groups is 3. The number of fused-ring (bicyclic) bond motifs is 5. The molecule has 4 aliphatic rings. The molecule has 0 radical (unpaired) electrons. The summed E-state index contributed by atoms with van der Waals surface area (Å²) in [4.78, 5) is 37.2. The van der Waals surface area contributed by atoms with E-state index >= 15 is 0 Å². The number of rotatable bonds is 4. The Morgan fingerprint density at radius 1 is 1.10 bits per heavy atom. The van der Waals surface area contributed by atoms with Gasteiger partial charge in [0.25, 0.3) is 0 Å². The van der Waals surface area contributed by atoms with Gasteiger partial charge in [-0.1, -0.05) is 32.8 Å². The largest absolute Gasteiger partial charge is 0.451 e. The number of Topliss-reactive ketones (excluding diaryl/α,β-unsaturated/α-hetero) is 1. The molecule has 166 valence electrons. The highest BCUT2D eigenvalue weighted by atomic mass is 16.6. The Bertz CT molecular complexity index is 797. The Hall–Kier alpha value is -1.45. The van der Waals surface area contributed by atoms with Crippen molar-refractivity contribution >= 4 is 17.5 Å². The van der Waals surface area contributed by atoms with Crippen LogP contribution in [-0.4, -0.2) is 23.1 Å². The van der Waals surface area contributed by atoms with Crippen LogP contribution in [0, 0.1) is 34.5 Å². The van der Waals surface area contributed by atoms with Crippen molar-refractivity contribution < 1.29 is 19.1 Å². The molecule has 3 saturated carbocycles. The molecule has 4 nitrogen and oxygen atoms in total. The van der Waals surface area contributed by atoms with Crippen molar-refractivity contribution in [2.24, 2.45) is 34.5 Å². The SMILES string of the molecule is CCC[C@]1(C)C[C@@H]2[C@H](CC[C@@]3(C)[C@H]2CC[C@]3(OC(C)=O)C(C)=O)[C@H]2CCC(=O)C=C21. The summed E-state index contributed by atoms with van der Waals surface area (Å²) in [7, 11) is 0. The van der Waals surface area contributed by atoms with Crippen LogP contribution < -0.4 is 0 Å². The Balaban J connectivity index is 1.74. The van der Waals surface area contributed by atoms with Gasteiger partial charge in [0.2, 0.25) is 0 Å². The summed E-state index contributed by atoms with van der Waals surface area (Å²) in [6.07, 6.45) is 10.6. The van der Waals surface area contributed by atoms with Gasteiger partial charge in [-0.2, -0.15) is 0 Å². The van der Waals surface area contributed by atoms with Crippen molar-refractivity contribution in [1.82, 2.24) is 0 Å². The minimum absolute atomic E-state index is 0.0112. The molecule has 4 aliphatic carbocycles. The van der Waals surface area contributed by atoms with Crippen LogP contribution in [-0.2, 0) is 19.1 Å².